The van der Waals surface area contributed by atoms with Gasteiger partial charge in [0, 0.05) is 46.4 Å². The van der Waals surface area contributed by atoms with E-state index in [1.165, 1.54) is 6.42 Å². The molecule has 5 nitrogen and oxygen atoms in total. The molecule has 2 aliphatic carbocycles. The fraction of sp³-hybridized carbons (Fsp3) is 0.941. The van der Waals surface area contributed by atoms with Crippen LogP contribution in [-0.2, 0) is 10.8 Å². The van der Waals surface area contributed by atoms with Crippen molar-refractivity contribution >= 4 is 16.8 Å². The number of carbonyl (C=O) groups excluding carboxylic acids is 1. The number of hydrogen-bond donors (Lipinski definition) is 3. The van der Waals surface area contributed by atoms with Crippen LogP contribution in [0.4, 0.5) is 4.79 Å². The number of rotatable bonds is 5. The number of hydrogen-bond acceptors (Lipinski definition) is 3. The molecule has 3 N–H and O–H groups in total. The van der Waals surface area contributed by atoms with Crippen LogP contribution in [0, 0.1) is 5.92 Å². The second-order valence-corrected chi connectivity index (χ2v) is 8.97. The highest BCUT2D eigenvalue weighted by atomic mass is 32.2. The Bertz CT molecular complexity index is 405. The molecule has 0 spiro atoms. The monoisotopic (exact) mass is 344 g/mol. The van der Waals surface area contributed by atoms with Gasteiger partial charge in [0.1, 0.15) is 0 Å². The first kappa shape index (κ1) is 18.7. The summed E-state index contributed by atoms with van der Waals surface area (Å²) in [4.78, 5) is 12.3. The molecule has 2 aliphatic rings. The quantitative estimate of drug-likeness (QED) is 0.670. The van der Waals surface area contributed by atoms with Crippen molar-refractivity contribution in [2.45, 2.75) is 82.0 Å². The van der Waals surface area contributed by atoms with Crippen molar-refractivity contribution in [3.8, 4) is 0 Å². The molecule has 0 bridgehead atoms. The first-order valence-corrected chi connectivity index (χ1v) is 10.6. The number of urea groups is 1. The standard InChI is InChI=1S/C17H32N2O3S/c1-2-23(22)15-9-6-8-14(11-15)18-17(21)19-16-10-5-3-4-7-13(16)12-20/h13-16,20H,2-12H2,1H3,(H2,18,19,21). The highest BCUT2D eigenvalue weighted by molar-refractivity contribution is 7.85. The molecule has 5 atom stereocenters. The maximum absolute atomic E-state index is 12.3. The van der Waals surface area contributed by atoms with E-state index >= 15 is 0 Å². The fourth-order valence-electron chi connectivity index (χ4n) is 3.94. The summed E-state index contributed by atoms with van der Waals surface area (Å²) in [5, 5.41) is 15.9. The van der Waals surface area contributed by atoms with Crippen molar-refractivity contribution in [3.63, 3.8) is 0 Å². The van der Waals surface area contributed by atoms with Crippen LogP contribution in [0.3, 0.4) is 0 Å². The summed E-state index contributed by atoms with van der Waals surface area (Å²) in [6.45, 7) is 2.10. The van der Waals surface area contributed by atoms with Gasteiger partial charge in [0.05, 0.1) is 0 Å². The van der Waals surface area contributed by atoms with Crippen LogP contribution >= 0.6 is 0 Å². The lowest BCUT2D eigenvalue weighted by molar-refractivity contribution is 0.177. The van der Waals surface area contributed by atoms with Gasteiger partial charge < -0.3 is 15.7 Å². The largest absolute Gasteiger partial charge is 0.396 e. The topological polar surface area (TPSA) is 78.4 Å². The van der Waals surface area contributed by atoms with Crippen LogP contribution in [0.1, 0.15) is 64.7 Å². The van der Waals surface area contributed by atoms with Gasteiger partial charge in [-0.05, 0) is 32.1 Å². The fourth-order valence-corrected chi connectivity index (χ4v) is 5.29. The smallest absolute Gasteiger partial charge is 0.315 e. The van der Waals surface area contributed by atoms with Gasteiger partial charge in [0.25, 0.3) is 0 Å². The van der Waals surface area contributed by atoms with E-state index in [4.69, 9.17) is 0 Å². The minimum atomic E-state index is -0.769. The Balaban J connectivity index is 1.82. The first-order valence-electron chi connectivity index (χ1n) is 9.19. The highest BCUT2D eigenvalue weighted by Gasteiger charge is 2.28. The van der Waals surface area contributed by atoms with E-state index in [9.17, 15) is 14.1 Å². The second kappa shape index (κ2) is 9.62. The number of aliphatic hydroxyl groups excluding tert-OH is 1. The molecule has 6 heteroatoms. The van der Waals surface area contributed by atoms with Crippen molar-refractivity contribution in [1.82, 2.24) is 10.6 Å². The Labute approximate surface area is 142 Å². The van der Waals surface area contributed by atoms with Crippen molar-refractivity contribution < 1.29 is 14.1 Å². The second-order valence-electron chi connectivity index (χ2n) is 6.96. The third-order valence-corrected chi connectivity index (χ3v) is 7.07. The van der Waals surface area contributed by atoms with Gasteiger partial charge in [-0.2, -0.15) is 0 Å². The Morgan fingerprint density at radius 1 is 1.09 bits per heavy atom. The molecule has 23 heavy (non-hydrogen) atoms. The van der Waals surface area contributed by atoms with E-state index in [2.05, 4.69) is 10.6 Å². The zero-order chi connectivity index (χ0) is 16.7. The SMILES string of the molecule is CCS(=O)C1CCCC(NC(=O)NC2CCCCCC2CO)C1. The maximum Gasteiger partial charge on any atom is 0.315 e. The molecule has 0 heterocycles. The van der Waals surface area contributed by atoms with Crippen molar-refractivity contribution in [1.29, 1.82) is 0 Å². The van der Waals surface area contributed by atoms with Gasteiger partial charge >= 0.3 is 6.03 Å². The zero-order valence-corrected chi connectivity index (χ0v) is 15.1. The lowest BCUT2D eigenvalue weighted by Gasteiger charge is -2.30. The van der Waals surface area contributed by atoms with Crippen LogP contribution in [-0.4, -0.2) is 45.0 Å². The summed E-state index contributed by atoms with van der Waals surface area (Å²) in [5.74, 6) is 0.874. The van der Waals surface area contributed by atoms with E-state index in [-0.39, 0.29) is 35.9 Å². The summed E-state index contributed by atoms with van der Waals surface area (Å²) in [7, 11) is -0.769. The summed E-state index contributed by atoms with van der Waals surface area (Å²) in [6.07, 6.45) is 9.21. The lowest BCUT2D eigenvalue weighted by atomic mass is 9.94. The van der Waals surface area contributed by atoms with Crippen LogP contribution in [0.15, 0.2) is 0 Å². The van der Waals surface area contributed by atoms with Crippen molar-refractivity contribution in [2.24, 2.45) is 5.92 Å². The molecular weight excluding hydrogens is 312 g/mol. The molecule has 0 aliphatic heterocycles. The first-order chi connectivity index (χ1) is 11.1. The molecule has 2 rings (SSSR count). The van der Waals surface area contributed by atoms with Gasteiger partial charge in [0.2, 0.25) is 0 Å². The minimum absolute atomic E-state index is 0.0756. The van der Waals surface area contributed by atoms with Crippen molar-refractivity contribution in [2.75, 3.05) is 12.4 Å². The zero-order valence-electron chi connectivity index (χ0n) is 14.3. The van der Waals surface area contributed by atoms with Crippen LogP contribution in [0.25, 0.3) is 0 Å². The normalized spacial score (nSPS) is 33.5. The Morgan fingerprint density at radius 2 is 1.87 bits per heavy atom. The molecule has 0 radical (unpaired) electrons. The van der Waals surface area contributed by atoms with E-state index in [0.717, 1.165) is 51.4 Å². The molecule has 0 aromatic heterocycles. The third-order valence-electron chi connectivity index (χ3n) is 5.33. The van der Waals surface area contributed by atoms with E-state index in [0.29, 0.717) is 5.75 Å². The molecule has 134 valence electrons. The van der Waals surface area contributed by atoms with Crippen molar-refractivity contribution in [3.05, 3.63) is 0 Å². The average Bonchev–Trinajstić information content (AvgIpc) is 2.79. The summed E-state index contributed by atoms with van der Waals surface area (Å²) in [6, 6.07) is 0.0811. The summed E-state index contributed by atoms with van der Waals surface area (Å²) in [5.41, 5.74) is 0. The maximum atomic E-state index is 12.3. The van der Waals surface area contributed by atoms with E-state index in [1.54, 1.807) is 0 Å². The van der Waals surface area contributed by atoms with Gasteiger partial charge in [0.15, 0.2) is 0 Å². The number of amides is 2. The molecule has 2 fully saturated rings. The summed E-state index contributed by atoms with van der Waals surface area (Å²) >= 11 is 0. The molecule has 2 amide bonds. The van der Waals surface area contributed by atoms with E-state index < -0.39 is 10.8 Å². The highest BCUT2D eigenvalue weighted by Crippen LogP contribution is 2.24. The molecular formula is C17H32N2O3S. The molecule has 0 aromatic carbocycles. The van der Waals surface area contributed by atoms with E-state index in [1.807, 2.05) is 6.92 Å². The summed E-state index contributed by atoms with van der Waals surface area (Å²) < 4.78 is 12.0. The number of carbonyl (C=O) groups is 1. The Kier molecular flexibility index (Phi) is 7.83. The van der Waals surface area contributed by atoms with Gasteiger partial charge in [-0.25, -0.2) is 4.79 Å². The molecule has 2 saturated carbocycles. The average molecular weight is 345 g/mol. The lowest BCUT2D eigenvalue weighted by Crippen LogP contribution is -2.50. The van der Waals surface area contributed by atoms with Gasteiger partial charge in [-0.1, -0.05) is 32.6 Å². The van der Waals surface area contributed by atoms with Crippen LogP contribution in [0.5, 0.6) is 0 Å². The predicted octanol–water partition coefficient (Wildman–Crippen LogP) is 2.31. The molecule has 0 aromatic rings. The third kappa shape index (κ3) is 5.75. The Hall–Kier alpha value is -0.620. The molecule has 5 unspecified atom stereocenters. The van der Waals surface area contributed by atoms with Crippen LogP contribution in [0.2, 0.25) is 0 Å². The van der Waals surface area contributed by atoms with Gasteiger partial charge in [-0.3, -0.25) is 4.21 Å². The molecule has 0 saturated heterocycles. The van der Waals surface area contributed by atoms with Gasteiger partial charge in [-0.15, -0.1) is 0 Å². The predicted molar refractivity (Wildman–Crippen MR) is 93.8 cm³/mol. The van der Waals surface area contributed by atoms with Crippen LogP contribution < -0.4 is 10.6 Å². The Morgan fingerprint density at radius 3 is 2.61 bits per heavy atom. The number of nitrogens with one attached hydrogen (secondary N) is 2. The number of aliphatic hydroxyl groups is 1. The minimum Gasteiger partial charge on any atom is -0.396 e.